The van der Waals surface area contributed by atoms with Crippen molar-refractivity contribution in [3.63, 3.8) is 0 Å². The number of aromatic nitrogens is 4. The van der Waals surface area contributed by atoms with Crippen LogP contribution in [0.25, 0.3) is 6.08 Å². The summed E-state index contributed by atoms with van der Waals surface area (Å²) >= 11 is 0. The third-order valence-electron chi connectivity index (χ3n) is 7.30. The van der Waals surface area contributed by atoms with E-state index in [1.807, 2.05) is 53.7 Å². The maximum absolute atomic E-state index is 13.0. The number of H-pyrrole nitrogens is 2. The summed E-state index contributed by atoms with van der Waals surface area (Å²) in [6.07, 6.45) is 5.62. The highest BCUT2D eigenvalue weighted by molar-refractivity contribution is 5.89. The molecule has 47 heavy (non-hydrogen) atoms. The van der Waals surface area contributed by atoms with Gasteiger partial charge in [-0.2, -0.15) is 0 Å². The van der Waals surface area contributed by atoms with Gasteiger partial charge in [0.2, 0.25) is 5.91 Å². The summed E-state index contributed by atoms with van der Waals surface area (Å²) in [7, 11) is 4.16. The molecule has 0 unspecified atom stereocenters. The second-order valence-electron chi connectivity index (χ2n) is 11.5. The summed E-state index contributed by atoms with van der Waals surface area (Å²) in [4.78, 5) is 65.5. The first-order valence-electron chi connectivity index (χ1n) is 15.3. The molecule has 0 saturated carbocycles. The molecule has 0 radical (unpaired) electrons. The van der Waals surface area contributed by atoms with E-state index in [4.69, 9.17) is 4.74 Å². The molecule has 0 aliphatic heterocycles. The summed E-state index contributed by atoms with van der Waals surface area (Å²) in [6.45, 7) is 11.7. The fourth-order valence-electron chi connectivity index (χ4n) is 4.31. The predicted octanol–water partition coefficient (Wildman–Crippen LogP) is 2.71. The number of imidazole rings is 2. The first-order chi connectivity index (χ1) is 22.3. The van der Waals surface area contributed by atoms with Crippen LogP contribution in [0.15, 0.2) is 18.5 Å². The number of nitrogens with zero attached hydrogens (tertiary/aromatic N) is 3. The van der Waals surface area contributed by atoms with Gasteiger partial charge in [-0.1, -0.05) is 39.7 Å². The lowest BCUT2D eigenvalue weighted by atomic mass is 10.00. The van der Waals surface area contributed by atoms with Crippen molar-refractivity contribution in [2.45, 2.75) is 65.7 Å². The van der Waals surface area contributed by atoms with Crippen LogP contribution in [0.4, 0.5) is 9.59 Å². The molecule has 15 heteroatoms. The molecule has 258 valence electrons. The summed E-state index contributed by atoms with van der Waals surface area (Å²) in [5, 5.41) is 8.30. The molecule has 2 aromatic heterocycles. The van der Waals surface area contributed by atoms with E-state index in [1.165, 1.54) is 19.1 Å². The zero-order valence-corrected chi connectivity index (χ0v) is 28.6. The van der Waals surface area contributed by atoms with Gasteiger partial charge in [-0.25, -0.2) is 19.6 Å². The van der Waals surface area contributed by atoms with Gasteiger partial charge >= 0.3 is 12.2 Å². The van der Waals surface area contributed by atoms with Crippen molar-refractivity contribution in [3.05, 3.63) is 41.5 Å². The Morgan fingerprint density at radius 3 is 2.15 bits per heavy atom. The number of ketones is 1. The van der Waals surface area contributed by atoms with E-state index in [1.54, 1.807) is 19.4 Å². The van der Waals surface area contributed by atoms with E-state index in [2.05, 4.69) is 57.2 Å². The number of hydrogen-bond acceptors (Lipinski definition) is 10. The first-order valence-corrected chi connectivity index (χ1v) is 15.3. The molecular formula is C32H48N8O7. The van der Waals surface area contributed by atoms with Crippen LogP contribution in [0.3, 0.4) is 0 Å². The fraction of sp³-hybridized carbons (Fsp3) is 0.562. The minimum atomic E-state index is -0.740. The van der Waals surface area contributed by atoms with Crippen molar-refractivity contribution < 1.29 is 33.4 Å². The minimum Gasteiger partial charge on any atom is -0.453 e. The highest BCUT2D eigenvalue weighted by Gasteiger charge is 2.31. The number of alkyl carbamates (subject to hydrolysis) is 2. The highest BCUT2D eigenvalue weighted by atomic mass is 16.5. The van der Waals surface area contributed by atoms with Crippen LogP contribution in [0.2, 0.25) is 0 Å². The lowest BCUT2D eigenvalue weighted by molar-refractivity contribution is -0.135. The SMILES string of the molecule is COC(=O)N[C@@H](C(=O)CN[C@H](C)c1ncc(/C=C/COCC#Cc2cnc([C@@H](C)N(C)C(=O)[C@H](NC(=O)OC)C(C)C)[nH]2)[nH]1)C(C)C. The Morgan fingerprint density at radius 1 is 0.915 bits per heavy atom. The number of nitrogens with one attached hydrogen (secondary N) is 5. The molecule has 3 amide bonds. The number of Topliss-reactive ketones (excluding diaryl/α,β-unsaturated/α-hetero) is 1. The number of carbonyl (C=O) groups excluding carboxylic acids is 4. The monoisotopic (exact) mass is 656 g/mol. The van der Waals surface area contributed by atoms with Gasteiger partial charge in [-0.3, -0.25) is 9.59 Å². The second kappa shape index (κ2) is 19.1. The van der Waals surface area contributed by atoms with Gasteiger partial charge < -0.3 is 45.0 Å². The molecule has 2 heterocycles. The molecule has 0 spiro atoms. The number of aromatic amines is 2. The smallest absolute Gasteiger partial charge is 0.407 e. The Bertz CT molecular complexity index is 1420. The van der Waals surface area contributed by atoms with Crippen LogP contribution in [-0.2, 0) is 23.8 Å². The topological polar surface area (TPSA) is 193 Å². The van der Waals surface area contributed by atoms with Crippen LogP contribution in [-0.4, -0.2) is 102 Å². The van der Waals surface area contributed by atoms with Crippen LogP contribution in [0, 0.1) is 23.7 Å². The number of hydrogen-bond donors (Lipinski definition) is 5. The maximum Gasteiger partial charge on any atom is 0.407 e. The van der Waals surface area contributed by atoms with E-state index in [-0.39, 0.29) is 42.7 Å². The normalized spacial score (nSPS) is 13.8. The largest absolute Gasteiger partial charge is 0.453 e. The van der Waals surface area contributed by atoms with Gasteiger partial charge in [0.1, 0.15) is 30.0 Å². The lowest BCUT2D eigenvalue weighted by Gasteiger charge is -2.29. The number of carbonyl (C=O) groups is 4. The molecular weight excluding hydrogens is 608 g/mol. The predicted molar refractivity (Wildman–Crippen MR) is 175 cm³/mol. The van der Waals surface area contributed by atoms with E-state index >= 15 is 0 Å². The second-order valence-corrected chi connectivity index (χ2v) is 11.5. The molecule has 0 aliphatic rings. The fourth-order valence-corrected chi connectivity index (χ4v) is 4.31. The third-order valence-corrected chi connectivity index (χ3v) is 7.30. The van der Waals surface area contributed by atoms with Gasteiger partial charge in [0.05, 0.1) is 63.6 Å². The first kappa shape index (κ1) is 38.5. The molecule has 15 nitrogen and oxygen atoms in total. The summed E-state index contributed by atoms with van der Waals surface area (Å²) in [5.74, 6) is 6.46. The minimum absolute atomic E-state index is 0.0548. The quantitative estimate of drug-likeness (QED) is 0.133. The molecule has 2 aromatic rings. The van der Waals surface area contributed by atoms with Gasteiger partial charge in [-0.05, 0) is 37.7 Å². The third kappa shape index (κ3) is 12.2. The summed E-state index contributed by atoms with van der Waals surface area (Å²) in [5.41, 5.74) is 1.35. The van der Waals surface area contributed by atoms with Gasteiger partial charge in [0.15, 0.2) is 5.78 Å². The zero-order chi connectivity index (χ0) is 35.1. The van der Waals surface area contributed by atoms with Gasteiger partial charge in [-0.15, -0.1) is 0 Å². The van der Waals surface area contributed by atoms with Crippen LogP contribution in [0.1, 0.15) is 76.7 Å². The molecule has 0 bridgehead atoms. The van der Waals surface area contributed by atoms with Crippen molar-refractivity contribution in [3.8, 4) is 11.8 Å². The van der Waals surface area contributed by atoms with E-state index in [9.17, 15) is 19.2 Å². The molecule has 4 atom stereocenters. The average molecular weight is 657 g/mol. The Balaban J connectivity index is 1.81. The molecule has 0 aliphatic carbocycles. The van der Waals surface area contributed by atoms with Crippen LogP contribution in [0.5, 0.6) is 0 Å². The number of likely N-dealkylation sites (N-methyl/N-ethyl adjacent to an activating group) is 1. The van der Waals surface area contributed by atoms with Crippen molar-refractivity contribution >= 4 is 30.0 Å². The summed E-state index contributed by atoms with van der Waals surface area (Å²) < 4.78 is 14.8. The molecule has 0 fully saturated rings. The van der Waals surface area contributed by atoms with Crippen LogP contribution < -0.4 is 16.0 Å². The Labute approximate surface area is 276 Å². The number of methoxy groups -OCH3 is 2. The Kier molecular flexibility index (Phi) is 15.6. The molecule has 5 N–H and O–H groups in total. The van der Waals surface area contributed by atoms with Gasteiger partial charge in [0.25, 0.3) is 0 Å². The van der Waals surface area contributed by atoms with Crippen molar-refractivity contribution in [2.24, 2.45) is 11.8 Å². The number of amides is 3. The molecule has 0 aromatic carbocycles. The van der Waals surface area contributed by atoms with Crippen molar-refractivity contribution in [2.75, 3.05) is 41.0 Å². The average Bonchev–Trinajstić information content (AvgIpc) is 3.73. The lowest BCUT2D eigenvalue weighted by Crippen LogP contribution is -2.50. The Hall–Kier alpha value is -4.68. The Morgan fingerprint density at radius 2 is 1.53 bits per heavy atom. The maximum atomic E-state index is 13.0. The van der Waals surface area contributed by atoms with E-state index in [0.29, 0.717) is 23.9 Å². The number of ether oxygens (including phenoxy) is 3. The van der Waals surface area contributed by atoms with Crippen molar-refractivity contribution in [1.29, 1.82) is 0 Å². The molecule has 2 rings (SSSR count). The van der Waals surface area contributed by atoms with Crippen LogP contribution >= 0.6 is 0 Å². The zero-order valence-electron chi connectivity index (χ0n) is 28.6. The highest BCUT2D eigenvalue weighted by Crippen LogP contribution is 2.18. The number of rotatable bonds is 16. The van der Waals surface area contributed by atoms with E-state index < -0.39 is 30.3 Å². The van der Waals surface area contributed by atoms with Gasteiger partial charge in [0, 0.05) is 7.05 Å². The summed E-state index contributed by atoms with van der Waals surface area (Å²) in [6, 6.07) is -2.02. The standard InChI is InChI=1S/C32H48N8O7/c1-19(2)26(38-31(43)45-8)25(41)18-33-21(5)28-34-16-23(36-28)12-10-14-47-15-11-13-24-17-35-29(37-24)22(6)40(7)30(42)27(20(3)4)39-32(44)46-9/h10,12,16-17,19-22,26-27,33H,14-15,18H2,1-9H3,(H,34,36)(H,35,37)(H,38,43)(H,39,44)/b12-10+/t21-,22-,26-,27-/m1/s1. The molecule has 0 saturated heterocycles. The van der Waals surface area contributed by atoms with Crippen molar-refractivity contribution in [1.82, 2.24) is 40.8 Å². The van der Waals surface area contributed by atoms with E-state index in [0.717, 1.165) is 5.69 Å².